The van der Waals surface area contributed by atoms with Crippen molar-refractivity contribution in [2.45, 2.75) is 39.2 Å². The second-order valence-corrected chi connectivity index (χ2v) is 5.73. The van der Waals surface area contributed by atoms with Crippen molar-refractivity contribution >= 4 is 11.6 Å². The average Bonchev–Trinajstić information content (AvgIpc) is 2.48. The Kier molecular flexibility index (Phi) is 5.62. The standard InChI is InChI=1S/C17H26N2O2/c1-4-18-14-8-9-16(13(2)11-14)17(20)19(3)12-15-7-5-6-10-21-15/h8-9,11,15,18H,4-7,10,12H2,1-3H3. The molecule has 1 aromatic rings. The van der Waals surface area contributed by atoms with Crippen LogP contribution in [0.15, 0.2) is 18.2 Å². The molecule has 1 atom stereocenters. The highest BCUT2D eigenvalue weighted by atomic mass is 16.5. The highest BCUT2D eigenvalue weighted by Gasteiger charge is 2.20. The van der Waals surface area contributed by atoms with Crippen molar-refractivity contribution in [2.75, 3.05) is 32.1 Å². The van der Waals surface area contributed by atoms with E-state index in [1.165, 1.54) is 6.42 Å². The summed E-state index contributed by atoms with van der Waals surface area (Å²) in [6, 6.07) is 5.91. The molecule has 1 heterocycles. The summed E-state index contributed by atoms with van der Waals surface area (Å²) in [6.07, 6.45) is 3.58. The Hall–Kier alpha value is -1.55. The smallest absolute Gasteiger partial charge is 0.253 e. The van der Waals surface area contributed by atoms with Crippen LogP contribution in [-0.4, -0.2) is 43.7 Å². The monoisotopic (exact) mass is 290 g/mol. The van der Waals surface area contributed by atoms with Crippen LogP contribution in [-0.2, 0) is 4.74 Å². The Bertz CT molecular complexity index is 482. The van der Waals surface area contributed by atoms with Crippen LogP contribution in [0.2, 0.25) is 0 Å². The maximum atomic E-state index is 12.6. The number of nitrogens with zero attached hydrogens (tertiary/aromatic N) is 1. The van der Waals surface area contributed by atoms with Crippen LogP contribution in [0.5, 0.6) is 0 Å². The molecule has 116 valence electrons. The molecule has 0 saturated carbocycles. The van der Waals surface area contributed by atoms with E-state index in [1.54, 1.807) is 4.90 Å². The number of anilines is 1. The fourth-order valence-corrected chi connectivity index (χ4v) is 2.76. The zero-order valence-electron chi connectivity index (χ0n) is 13.3. The highest BCUT2D eigenvalue weighted by molar-refractivity contribution is 5.96. The summed E-state index contributed by atoms with van der Waals surface area (Å²) in [4.78, 5) is 14.3. The predicted molar refractivity (Wildman–Crippen MR) is 85.9 cm³/mol. The van der Waals surface area contributed by atoms with Crippen LogP contribution in [0.4, 0.5) is 5.69 Å². The average molecular weight is 290 g/mol. The first-order valence-electron chi connectivity index (χ1n) is 7.83. The van der Waals surface area contributed by atoms with Gasteiger partial charge in [-0.15, -0.1) is 0 Å². The van der Waals surface area contributed by atoms with Crippen molar-refractivity contribution in [1.29, 1.82) is 0 Å². The van der Waals surface area contributed by atoms with E-state index >= 15 is 0 Å². The van der Waals surface area contributed by atoms with Crippen LogP contribution in [0.1, 0.15) is 42.1 Å². The third-order valence-electron chi connectivity index (χ3n) is 3.94. The van der Waals surface area contributed by atoms with Crippen molar-refractivity contribution in [1.82, 2.24) is 4.90 Å². The molecule has 0 spiro atoms. The lowest BCUT2D eigenvalue weighted by Crippen LogP contribution is -2.37. The van der Waals surface area contributed by atoms with Crippen LogP contribution >= 0.6 is 0 Å². The lowest BCUT2D eigenvalue weighted by Gasteiger charge is -2.27. The van der Waals surface area contributed by atoms with Gasteiger partial charge in [0.15, 0.2) is 0 Å². The Morgan fingerprint density at radius 1 is 1.43 bits per heavy atom. The molecule has 1 unspecified atom stereocenters. The van der Waals surface area contributed by atoms with Gasteiger partial charge in [0.25, 0.3) is 5.91 Å². The molecule has 1 N–H and O–H groups in total. The molecule has 4 heteroatoms. The molecule has 1 fully saturated rings. The van der Waals surface area contributed by atoms with Crippen molar-refractivity contribution in [3.05, 3.63) is 29.3 Å². The number of benzene rings is 1. The van der Waals surface area contributed by atoms with Gasteiger partial charge >= 0.3 is 0 Å². The Balaban J connectivity index is 2.01. The zero-order valence-corrected chi connectivity index (χ0v) is 13.3. The van der Waals surface area contributed by atoms with E-state index < -0.39 is 0 Å². The molecule has 0 aliphatic carbocycles. The molecule has 0 aromatic heterocycles. The topological polar surface area (TPSA) is 41.6 Å². The molecule has 4 nitrogen and oxygen atoms in total. The number of aryl methyl sites for hydroxylation is 1. The minimum Gasteiger partial charge on any atom is -0.385 e. The normalized spacial score (nSPS) is 18.3. The van der Waals surface area contributed by atoms with Gasteiger partial charge in [-0.25, -0.2) is 0 Å². The highest BCUT2D eigenvalue weighted by Crippen LogP contribution is 2.18. The van der Waals surface area contributed by atoms with Gasteiger partial charge in [-0.3, -0.25) is 4.79 Å². The SMILES string of the molecule is CCNc1ccc(C(=O)N(C)CC2CCCCO2)c(C)c1. The van der Waals surface area contributed by atoms with E-state index in [2.05, 4.69) is 12.2 Å². The fraction of sp³-hybridized carbons (Fsp3) is 0.588. The van der Waals surface area contributed by atoms with Crippen molar-refractivity contribution in [3.8, 4) is 0 Å². The number of hydrogen-bond acceptors (Lipinski definition) is 3. The molecule has 1 aromatic carbocycles. The molecule has 1 aliphatic heterocycles. The van der Waals surface area contributed by atoms with E-state index in [9.17, 15) is 4.79 Å². The lowest BCUT2D eigenvalue weighted by atomic mass is 10.1. The van der Waals surface area contributed by atoms with Gasteiger partial charge < -0.3 is 15.0 Å². The number of amides is 1. The first-order chi connectivity index (χ1) is 10.1. The summed E-state index contributed by atoms with van der Waals surface area (Å²) in [5, 5.41) is 3.26. The fourth-order valence-electron chi connectivity index (χ4n) is 2.76. The molecular formula is C17H26N2O2. The Morgan fingerprint density at radius 2 is 2.24 bits per heavy atom. The minimum atomic E-state index is 0.0738. The van der Waals surface area contributed by atoms with Crippen LogP contribution in [0.25, 0.3) is 0 Å². The van der Waals surface area contributed by atoms with Gasteiger partial charge in [0.1, 0.15) is 0 Å². The van der Waals surface area contributed by atoms with E-state index in [1.807, 2.05) is 32.2 Å². The maximum Gasteiger partial charge on any atom is 0.253 e. The Morgan fingerprint density at radius 3 is 2.86 bits per heavy atom. The van der Waals surface area contributed by atoms with Crippen molar-refractivity contribution in [2.24, 2.45) is 0 Å². The molecule has 0 radical (unpaired) electrons. The number of rotatable bonds is 5. The summed E-state index contributed by atoms with van der Waals surface area (Å²) in [5.74, 6) is 0.0738. The first-order valence-corrected chi connectivity index (χ1v) is 7.83. The molecule has 1 amide bonds. The van der Waals surface area contributed by atoms with Crippen molar-refractivity contribution in [3.63, 3.8) is 0 Å². The zero-order chi connectivity index (χ0) is 15.2. The summed E-state index contributed by atoms with van der Waals surface area (Å²) >= 11 is 0. The van der Waals surface area contributed by atoms with Crippen molar-refractivity contribution < 1.29 is 9.53 Å². The third kappa shape index (κ3) is 4.21. The van der Waals surface area contributed by atoms with Crippen LogP contribution < -0.4 is 5.32 Å². The molecule has 21 heavy (non-hydrogen) atoms. The molecule has 0 bridgehead atoms. The molecule has 1 aliphatic rings. The summed E-state index contributed by atoms with van der Waals surface area (Å²) in [6.45, 7) is 6.42. The van der Waals surface area contributed by atoms with Gasteiger partial charge in [0.05, 0.1) is 6.10 Å². The van der Waals surface area contributed by atoms with Gasteiger partial charge in [0.2, 0.25) is 0 Å². The van der Waals surface area contributed by atoms with Crippen LogP contribution in [0, 0.1) is 6.92 Å². The van der Waals surface area contributed by atoms with E-state index in [4.69, 9.17) is 4.74 Å². The van der Waals surface area contributed by atoms with Crippen LogP contribution in [0.3, 0.4) is 0 Å². The third-order valence-corrected chi connectivity index (χ3v) is 3.94. The number of hydrogen-bond donors (Lipinski definition) is 1. The first kappa shape index (κ1) is 15.8. The van der Waals surface area contributed by atoms with Gasteiger partial charge in [-0.1, -0.05) is 0 Å². The largest absolute Gasteiger partial charge is 0.385 e. The number of likely N-dealkylation sites (N-methyl/N-ethyl adjacent to an activating group) is 1. The molecule has 1 saturated heterocycles. The maximum absolute atomic E-state index is 12.6. The van der Waals surface area contributed by atoms with Gasteiger partial charge in [-0.2, -0.15) is 0 Å². The van der Waals surface area contributed by atoms with Gasteiger partial charge in [-0.05, 0) is 56.9 Å². The number of ether oxygens (including phenoxy) is 1. The molecular weight excluding hydrogens is 264 g/mol. The predicted octanol–water partition coefficient (Wildman–Crippen LogP) is 3.07. The number of nitrogens with one attached hydrogen (secondary N) is 1. The summed E-state index contributed by atoms with van der Waals surface area (Å²) in [7, 11) is 1.86. The lowest BCUT2D eigenvalue weighted by molar-refractivity contribution is -0.000201. The van der Waals surface area contributed by atoms with E-state index in [0.717, 1.165) is 42.8 Å². The second kappa shape index (κ2) is 7.46. The number of carbonyl (C=O) groups is 1. The molecule has 2 rings (SSSR count). The minimum absolute atomic E-state index is 0.0738. The number of carbonyl (C=O) groups excluding carboxylic acids is 1. The summed E-state index contributed by atoms with van der Waals surface area (Å²) in [5.41, 5.74) is 2.84. The Labute approximate surface area is 127 Å². The van der Waals surface area contributed by atoms with E-state index in [0.29, 0.717) is 6.54 Å². The second-order valence-electron chi connectivity index (χ2n) is 5.73. The van der Waals surface area contributed by atoms with Gasteiger partial charge in [0, 0.05) is 38.0 Å². The van der Waals surface area contributed by atoms with E-state index in [-0.39, 0.29) is 12.0 Å². The summed E-state index contributed by atoms with van der Waals surface area (Å²) < 4.78 is 5.71. The quantitative estimate of drug-likeness (QED) is 0.906.